The number of halogens is 2. The molecule has 0 fully saturated rings. The van der Waals surface area contributed by atoms with Crippen molar-refractivity contribution >= 4 is 35.2 Å². The minimum atomic E-state index is -0.777. The van der Waals surface area contributed by atoms with Crippen LogP contribution in [0.2, 0.25) is 10.0 Å². The summed E-state index contributed by atoms with van der Waals surface area (Å²) in [5, 5.41) is 10.2. The van der Waals surface area contributed by atoms with Gasteiger partial charge in [-0.2, -0.15) is 0 Å². The van der Waals surface area contributed by atoms with Gasteiger partial charge in [0.15, 0.2) is 6.20 Å². The number of benzene rings is 1. The Morgan fingerprint density at radius 1 is 1.27 bits per heavy atom. The van der Waals surface area contributed by atoms with Crippen molar-refractivity contribution in [3.8, 4) is 0 Å². The molecule has 112 valence electrons. The number of hydrogen-bond donors (Lipinski definition) is 1. The second-order valence-corrected chi connectivity index (χ2v) is 5.68. The average molecular weight is 340 g/mol. The van der Waals surface area contributed by atoms with Gasteiger partial charge in [0.25, 0.3) is 0 Å². The SMILES string of the molecule is O=c1c2[n+](ccn1O)C=CC(Cc1ccc(Cl)c(Cl)c1)[N+]2=O. The minimum Gasteiger partial charge on any atom is -0.425 e. The molecule has 0 aliphatic carbocycles. The minimum absolute atomic E-state index is 0.155. The van der Waals surface area contributed by atoms with E-state index in [-0.39, 0.29) is 5.82 Å². The topological polar surface area (TPSA) is 66.2 Å². The van der Waals surface area contributed by atoms with Crippen LogP contribution in [0.5, 0.6) is 0 Å². The van der Waals surface area contributed by atoms with E-state index in [4.69, 9.17) is 23.2 Å². The van der Waals surface area contributed by atoms with Gasteiger partial charge in [-0.1, -0.05) is 29.3 Å². The van der Waals surface area contributed by atoms with Crippen LogP contribution in [0.25, 0.3) is 6.20 Å². The maximum Gasteiger partial charge on any atom is 0.565 e. The van der Waals surface area contributed by atoms with E-state index in [0.29, 0.717) is 26.0 Å². The number of aromatic nitrogens is 2. The summed E-state index contributed by atoms with van der Waals surface area (Å²) in [5.74, 6) is -0.155. The van der Waals surface area contributed by atoms with Crippen molar-refractivity contribution in [1.29, 1.82) is 0 Å². The van der Waals surface area contributed by atoms with Gasteiger partial charge in [-0.25, -0.2) is 0 Å². The van der Waals surface area contributed by atoms with Gasteiger partial charge in [0.1, 0.15) is 11.0 Å². The maximum absolute atomic E-state index is 12.4. The van der Waals surface area contributed by atoms with Gasteiger partial charge in [-0.15, -0.1) is 9.30 Å². The Bertz CT molecular complexity index is 861. The number of fused-ring (bicyclic) bond motifs is 1. The van der Waals surface area contributed by atoms with E-state index in [0.717, 1.165) is 5.56 Å². The zero-order valence-corrected chi connectivity index (χ0v) is 12.7. The van der Waals surface area contributed by atoms with E-state index in [1.165, 1.54) is 17.0 Å². The molecule has 3 rings (SSSR count). The largest absolute Gasteiger partial charge is 0.565 e. The number of nitroso groups, excluding NO2 is 1. The number of hydrogen-bond acceptors (Lipinski definition) is 3. The number of nitrogens with zero attached hydrogens (tertiary/aromatic N) is 3. The Kier molecular flexibility index (Phi) is 3.72. The van der Waals surface area contributed by atoms with Gasteiger partial charge in [-0.3, -0.25) is 4.79 Å². The molecule has 8 heteroatoms. The molecule has 0 amide bonds. The fraction of sp³-hybridized carbons (Fsp3) is 0.143. The lowest BCUT2D eigenvalue weighted by molar-refractivity contribution is -0.679. The van der Waals surface area contributed by atoms with E-state index in [1.807, 2.05) is 0 Å². The zero-order valence-electron chi connectivity index (χ0n) is 11.2. The van der Waals surface area contributed by atoms with E-state index in [2.05, 4.69) is 0 Å². The Hall–Kier alpha value is -2.18. The van der Waals surface area contributed by atoms with Crippen LogP contribution >= 0.6 is 23.2 Å². The third kappa shape index (κ3) is 2.51. The molecule has 6 nitrogen and oxygen atoms in total. The van der Waals surface area contributed by atoms with Gasteiger partial charge < -0.3 is 5.21 Å². The average Bonchev–Trinajstić information content (AvgIpc) is 2.49. The van der Waals surface area contributed by atoms with Crippen molar-refractivity contribution in [3.63, 3.8) is 0 Å². The van der Waals surface area contributed by atoms with E-state index in [9.17, 15) is 14.9 Å². The predicted molar refractivity (Wildman–Crippen MR) is 80.7 cm³/mol. The number of rotatable bonds is 2. The van der Waals surface area contributed by atoms with Crippen molar-refractivity contribution in [1.82, 2.24) is 4.73 Å². The molecule has 0 bridgehead atoms. The summed E-state index contributed by atoms with van der Waals surface area (Å²) < 4.78 is 2.33. The molecule has 1 N–H and O–H groups in total. The third-order valence-corrected chi connectivity index (χ3v) is 4.16. The highest BCUT2D eigenvalue weighted by Crippen LogP contribution is 2.24. The fourth-order valence-electron chi connectivity index (χ4n) is 2.30. The van der Waals surface area contributed by atoms with Crippen molar-refractivity contribution in [3.05, 3.63) is 67.5 Å². The standard InChI is InChI=1S/C14H11Cl2N3O3/c15-11-2-1-9(8-12(11)16)7-10-3-4-17-5-6-18(21)14(20)13(17)19(10)22/h1-6,8,10,21H,7H2/q+2. The molecule has 0 saturated heterocycles. The van der Waals surface area contributed by atoms with Crippen LogP contribution in [0, 0.1) is 4.91 Å². The first kappa shape index (κ1) is 14.7. The molecular formula is C14H11Cl2N3O3+2. The maximum atomic E-state index is 12.4. The second kappa shape index (κ2) is 5.55. The summed E-state index contributed by atoms with van der Waals surface area (Å²) >= 11 is 11.8. The van der Waals surface area contributed by atoms with E-state index >= 15 is 0 Å². The van der Waals surface area contributed by atoms with Crippen LogP contribution in [0.3, 0.4) is 0 Å². The molecule has 1 aliphatic heterocycles. The molecule has 0 spiro atoms. The molecule has 1 atom stereocenters. The van der Waals surface area contributed by atoms with Gasteiger partial charge >= 0.3 is 11.4 Å². The molecule has 2 heterocycles. The van der Waals surface area contributed by atoms with Gasteiger partial charge in [0.05, 0.1) is 16.1 Å². The summed E-state index contributed by atoms with van der Waals surface area (Å²) in [6, 6.07) is 4.54. The molecular weight excluding hydrogens is 329 g/mol. The van der Waals surface area contributed by atoms with Crippen LogP contribution in [0.1, 0.15) is 5.56 Å². The van der Waals surface area contributed by atoms with Crippen molar-refractivity contribution in [2.45, 2.75) is 12.5 Å². The Balaban J connectivity index is 1.94. The normalized spacial score (nSPS) is 16.6. The molecule has 0 saturated carbocycles. The first-order valence-electron chi connectivity index (χ1n) is 6.42. The molecule has 2 aromatic rings. The highest BCUT2D eigenvalue weighted by atomic mass is 35.5. The smallest absolute Gasteiger partial charge is 0.425 e. The predicted octanol–water partition coefficient (Wildman–Crippen LogP) is 2.19. The van der Waals surface area contributed by atoms with Crippen LogP contribution in [0.4, 0.5) is 5.82 Å². The van der Waals surface area contributed by atoms with Gasteiger partial charge in [0, 0.05) is 11.3 Å². The highest BCUT2D eigenvalue weighted by Gasteiger charge is 2.42. The van der Waals surface area contributed by atoms with Gasteiger partial charge in [0.2, 0.25) is 12.2 Å². The molecule has 1 aromatic carbocycles. The lowest BCUT2D eigenvalue weighted by Gasteiger charge is -2.07. The lowest BCUT2D eigenvalue weighted by atomic mass is 10.0. The summed E-state index contributed by atoms with van der Waals surface area (Å²) in [6.07, 6.45) is 6.25. The van der Waals surface area contributed by atoms with Crippen molar-refractivity contribution < 1.29 is 14.5 Å². The molecule has 1 aliphatic rings. The van der Waals surface area contributed by atoms with Crippen LogP contribution in [0.15, 0.2) is 41.5 Å². The molecule has 0 radical (unpaired) electrons. The lowest BCUT2D eigenvalue weighted by Crippen LogP contribution is -2.45. The van der Waals surface area contributed by atoms with Crippen LogP contribution < -0.4 is 10.1 Å². The van der Waals surface area contributed by atoms with Crippen LogP contribution in [-0.4, -0.2) is 20.7 Å². The Morgan fingerprint density at radius 3 is 2.77 bits per heavy atom. The molecule has 22 heavy (non-hydrogen) atoms. The fourth-order valence-corrected chi connectivity index (χ4v) is 2.62. The third-order valence-electron chi connectivity index (χ3n) is 3.42. The Labute approximate surface area is 135 Å². The Morgan fingerprint density at radius 2 is 2.05 bits per heavy atom. The summed E-state index contributed by atoms with van der Waals surface area (Å²) in [4.78, 5) is 24.3. The first-order chi connectivity index (χ1) is 10.5. The van der Waals surface area contributed by atoms with Gasteiger partial charge in [-0.05, 0) is 17.7 Å². The van der Waals surface area contributed by atoms with Crippen molar-refractivity contribution in [2.75, 3.05) is 0 Å². The summed E-state index contributed by atoms with van der Waals surface area (Å²) in [6.45, 7) is 0. The summed E-state index contributed by atoms with van der Waals surface area (Å²) in [7, 11) is 0. The quantitative estimate of drug-likeness (QED) is 0.673. The second-order valence-electron chi connectivity index (χ2n) is 4.87. The van der Waals surface area contributed by atoms with E-state index < -0.39 is 11.6 Å². The van der Waals surface area contributed by atoms with E-state index in [1.54, 1.807) is 30.5 Å². The summed E-state index contributed by atoms with van der Waals surface area (Å²) in [5.41, 5.74) is 0.0413. The zero-order chi connectivity index (χ0) is 15.9. The molecule has 1 unspecified atom stereocenters. The van der Waals surface area contributed by atoms with Crippen molar-refractivity contribution in [2.24, 2.45) is 0 Å². The monoisotopic (exact) mass is 339 g/mol. The highest BCUT2D eigenvalue weighted by molar-refractivity contribution is 6.42. The first-order valence-corrected chi connectivity index (χ1v) is 7.17. The van der Waals surface area contributed by atoms with Crippen LogP contribution in [-0.2, 0) is 6.42 Å². The molecule has 1 aromatic heterocycles.